The first-order valence-electron chi connectivity index (χ1n) is 7.10. The molecule has 116 valence electrons. The van der Waals surface area contributed by atoms with Gasteiger partial charge in [-0.05, 0) is 31.4 Å². The molecule has 2 atom stereocenters. The van der Waals surface area contributed by atoms with Crippen LogP contribution < -0.4 is 5.32 Å². The Morgan fingerprint density at radius 1 is 1.33 bits per heavy atom. The second-order valence-corrected chi connectivity index (χ2v) is 6.05. The molecule has 0 spiro atoms. The minimum atomic E-state index is -0.402. The number of nitrogens with one attached hydrogen (secondary N) is 1. The van der Waals surface area contributed by atoms with E-state index in [0.717, 1.165) is 25.9 Å². The van der Waals surface area contributed by atoms with E-state index in [0.29, 0.717) is 22.7 Å². The number of carbonyl (C=O) groups excluding carboxylic acids is 1. The second-order valence-electron chi connectivity index (χ2n) is 5.64. The van der Waals surface area contributed by atoms with Gasteiger partial charge in [0.05, 0.1) is 6.42 Å². The number of hydrogen-bond acceptors (Lipinski definition) is 2. The van der Waals surface area contributed by atoms with Crippen molar-refractivity contribution in [2.45, 2.75) is 37.8 Å². The summed E-state index contributed by atoms with van der Waals surface area (Å²) in [5.74, 6) is -0.438. The second kappa shape index (κ2) is 6.95. The Morgan fingerprint density at radius 3 is 2.86 bits per heavy atom. The van der Waals surface area contributed by atoms with Crippen LogP contribution in [-0.2, 0) is 11.2 Å². The van der Waals surface area contributed by atoms with E-state index in [4.69, 9.17) is 11.6 Å². The molecule has 0 aliphatic carbocycles. The minimum absolute atomic E-state index is 0. The first kappa shape index (κ1) is 16.5. The van der Waals surface area contributed by atoms with Gasteiger partial charge in [0.2, 0.25) is 5.91 Å². The van der Waals surface area contributed by atoms with E-state index in [1.54, 1.807) is 12.1 Å². The zero-order valence-corrected chi connectivity index (χ0v) is 13.2. The van der Waals surface area contributed by atoms with Gasteiger partial charge in [0.1, 0.15) is 5.82 Å². The molecule has 1 N–H and O–H groups in total. The Morgan fingerprint density at radius 2 is 2.10 bits per heavy atom. The summed E-state index contributed by atoms with van der Waals surface area (Å²) in [6.45, 7) is 1.47. The van der Waals surface area contributed by atoms with Gasteiger partial charge in [0, 0.05) is 35.8 Å². The molecule has 1 aromatic rings. The first-order chi connectivity index (χ1) is 9.63. The predicted molar refractivity (Wildman–Crippen MR) is 83.5 cm³/mol. The van der Waals surface area contributed by atoms with E-state index in [2.05, 4.69) is 5.32 Å². The largest absolute Gasteiger partial charge is 0.341 e. The number of likely N-dealkylation sites (tertiary alicyclic amines) is 1. The fourth-order valence-electron chi connectivity index (χ4n) is 3.13. The predicted octanol–water partition coefficient (Wildman–Crippen LogP) is 2.80. The van der Waals surface area contributed by atoms with Crippen molar-refractivity contribution in [1.29, 1.82) is 0 Å². The van der Waals surface area contributed by atoms with Gasteiger partial charge in [-0.15, -0.1) is 12.4 Å². The highest BCUT2D eigenvalue weighted by Gasteiger charge is 2.31. The summed E-state index contributed by atoms with van der Waals surface area (Å²) in [5.41, 5.74) is 0.307. The van der Waals surface area contributed by atoms with Crippen molar-refractivity contribution < 1.29 is 9.18 Å². The van der Waals surface area contributed by atoms with Crippen LogP contribution >= 0.6 is 24.0 Å². The van der Waals surface area contributed by atoms with Crippen LogP contribution in [0.4, 0.5) is 4.39 Å². The SMILES string of the molecule is Cl.O=C(Cc1c(F)cccc1Cl)N1CCC2CCC(C1)N2. The van der Waals surface area contributed by atoms with Gasteiger partial charge in [0.15, 0.2) is 0 Å². The highest BCUT2D eigenvalue weighted by molar-refractivity contribution is 6.31. The van der Waals surface area contributed by atoms with Crippen molar-refractivity contribution in [3.63, 3.8) is 0 Å². The third-order valence-electron chi connectivity index (χ3n) is 4.27. The highest BCUT2D eigenvalue weighted by atomic mass is 35.5. The average molecular weight is 333 g/mol. The summed E-state index contributed by atoms with van der Waals surface area (Å²) in [4.78, 5) is 14.2. The van der Waals surface area contributed by atoms with Gasteiger partial charge >= 0.3 is 0 Å². The summed E-state index contributed by atoms with van der Waals surface area (Å²) in [6.07, 6.45) is 3.34. The van der Waals surface area contributed by atoms with Crippen LogP contribution in [0, 0.1) is 5.82 Å². The first-order valence-corrected chi connectivity index (χ1v) is 7.48. The highest BCUT2D eigenvalue weighted by Crippen LogP contribution is 2.23. The fraction of sp³-hybridized carbons (Fsp3) is 0.533. The van der Waals surface area contributed by atoms with Gasteiger partial charge in [-0.1, -0.05) is 17.7 Å². The van der Waals surface area contributed by atoms with E-state index >= 15 is 0 Å². The van der Waals surface area contributed by atoms with Crippen molar-refractivity contribution in [1.82, 2.24) is 10.2 Å². The van der Waals surface area contributed by atoms with Crippen LogP contribution in [-0.4, -0.2) is 36.0 Å². The molecule has 1 aromatic carbocycles. The molecule has 2 saturated heterocycles. The molecule has 2 aliphatic heterocycles. The molecule has 3 nitrogen and oxygen atoms in total. The molecule has 2 bridgehead atoms. The molecule has 2 heterocycles. The summed E-state index contributed by atoms with van der Waals surface area (Å²) >= 11 is 5.98. The Balaban J connectivity index is 0.00000161. The zero-order chi connectivity index (χ0) is 14.1. The number of rotatable bonds is 2. The number of benzene rings is 1. The molecule has 1 amide bonds. The molecular formula is C15H19Cl2FN2O. The van der Waals surface area contributed by atoms with Crippen LogP contribution in [0.15, 0.2) is 18.2 Å². The Kier molecular flexibility index (Phi) is 5.47. The van der Waals surface area contributed by atoms with Crippen molar-refractivity contribution in [3.8, 4) is 0 Å². The topological polar surface area (TPSA) is 32.3 Å². The third kappa shape index (κ3) is 3.68. The molecule has 0 radical (unpaired) electrons. The maximum atomic E-state index is 13.7. The van der Waals surface area contributed by atoms with E-state index < -0.39 is 5.82 Å². The van der Waals surface area contributed by atoms with E-state index in [-0.39, 0.29) is 24.7 Å². The number of nitrogens with zero attached hydrogens (tertiary/aromatic N) is 1. The number of amides is 1. The molecule has 2 fully saturated rings. The Bertz CT molecular complexity index is 506. The van der Waals surface area contributed by atoms with Gasteiger partial charge in [-0.2, -0.15) is 0 Å². The number of carbonyl (C=O) groups is 1. The van der Waals surface area contributed by atoms with Crippen LogP contribution in [0.2, 0.25) is 5.02 Å². The van der Waals surface area contributed by atoms with Crippen LogP contribution in [0.3, 0.4) is 0 Å². The Hall–Kier alpha value is -0.840. The third-order valence-corrected chi connectivity index (χ3v) is 4.62. The molecule has 3 rings (SSSR count). The lowest BCUT2D eigenvalue weighted by Crippen LogP contribution is -2.39. The number of halogens is 3. The number of hydrogen-bond donors (Lipinski definition) is 1. The van der Waals surface area contributed by atoms with Crippen LogP contribution in [0.5, 0.6) is 0 Å². The smallest absolute Gasteiger partial charge is 0.227 e. The van der Waals surface area contributed by atoms with Crippen LogP contribution in [0.25, 0.3) is 0 Å². The summed E-state index contributed by atoms with van der Waals surface area (Å²) < 4.78 is 13.7. The monoisotopic (exact) mass is 332 g/mol. The molecule has 2 unspecified atom stereocenters. The van der Waals surface area contributed by atoms with Crippen LogP contribution in [0.1, 0.15) is 24.8 Å². The molecular weight excluding hydrogens is 314 g/mol. The van der Waals surface area contributed by atoms with E-state index in [1.807, 2.05) is 4.90 Å². The average Bonchev–Trinajstić information content (AvgIpc) is 2.73. The maximum absolute atomic E-state index is 13.7. The van der Waals surface area contributed by atoms with Crippen molar-refractivity contribution in [2.24, 2.45) is 0 Å². The lowest BCUT2D eigenvalue weighted by Gasteiger charge is -2.24. The fourth-order valence-corrected chi connectivity index (χ4v) is 3.36. The quantitative estimate of drug-likeness (QED) is 0.903. The zero-order valence-electron chi connectivity index (χ0n) is 11.6. The molecule has 2 aliphatic rings. The van der Waals surface area contributed by atoms with Crippen molar-refractivity contribution in [2.75, 3.05) is 13.1 Å². The molecule has 6 heteroatoms. The number of fused-ring (bicyclic) bond motifs is 2. The van der Waals surface area contributed by atoms with Gasteiger partial charge < -0.3 is 10.2 Å². The normalized spacial score (nSPS) is 24.4. The molecule has 0 aromatic heterocycles. The summed E-state index contributed by atoms with van der Waals surface area (Å²) in [7, 11) is 0. The lowest BCUT2D eigenvalue weighted by molar-refractivity contribution is -0.130. The van der Waals surface area contributed by atoms with Crippen molar-refractivity contribution in [3.05, 3.63) is 34.6 Å². The van der Waals surface area contributed by atoms with E-state index in [1.165, 1.54) is 12.5 Å². The van der Waals surface area contributed by atoms with Gasteiger partial charge in [-0.25, -0.2) is 4.39 Å². The summed E-state index contributed by atoms with van der Waals surface area (Å²) in [5, 5.41) is 3.86. The van der Waals surface area contributed by atoms with Crippen molar-refractivity contribution >= 4 is 29.9 Å². The summed E-state index contributed by atoms with van der Waals surface area (Å²) in [6, 6.07) is 5.46. The van der Waals surface area contributed by atoms with Gasteiger partial charge in [-0.3, -0.25) is 4.79 Å². The Labute approximate surface area is 135 Å². The van der Waals surface area contributed by atoms with E-state index in [9.17, 15) is 9.18 Å². The minimum Gasteiger partial charge on any atom is -0.341 e. The molecule has 21 heavy (non-hydrogen) atoms. The maximum Gasteiger partial charge on any atom is 0.227 e. The lowest BCUT2D eigenvalue weighted by atomic mass is 10.1. The molecule has 0 saturated carbocycles. The van der Waals surface area contributed by atoms with Gasteiger partial charge in [0.25, 0.3) is 0 Å². The standard InChI is InChI=1S/C15H18ClFN2O.ClH/c16-13-2-1-3-14(17)12(13)8-15(20)19-7-6-10-4-5-11(9-19)18-10;/h1-3,10-11,18H,4-9H2;1H.